The summed E-state index contributed by atoms with van der Waals surface area (Å²) >= 11 is 2.90. The molecule has 0 spiro atoms. The number of aryl methyl sites for hydroxylation is 1. The Bertz CT molecular complexity index is 984. The second kappa shape index (κ2) is 9.76. The number of thioether (sulfide) groups is 1. The lowest BCUT2D eigenvalue weighted by Crippen LogP contribution is -2.20. The Morgan fingerprint density at radius 2 is 1.69 bits per heavy atom. The summed E-state index contributed by atoms with van der Waals surface area (Å²) in [6.07, 6.45) is 0.698. The molecule has 2 aromatic carbocycles. The summed E-state index contributed by atoms with van der Waals surface area (Å²) in [4.78, 5) is 27.7. The molecule has 150 valence electrons. The number of methoxy groups -OCH3 is 1. The molecule has 0 saturated heterocycles. The summed E-state index contributed by atoms with van der Waals surface area (Å²) in [7, 11) is 1.36. The van der Waals surface area contributed by atoms with E-state index in [0.717, 1.165) is 20.9 Å². The Balaban J connectivity index is 1.94. The van der Waals surface area contributed by atoms with Crippen LogP contribution in [0.15, 0.2) is 65.6 Å². The first kappa shape index (κ1) is 21.1. The van der Waals surface area contributed by atoms with Crippen LogP contribution in [0, 0.1) is 6.92 Å². The van der Waals surface area contributed by atoms with Gasteiger partial charge in [0.25, 0.3) is 0 Å². The number of esters is 1. The number of benzene rings is 2. The number of hydrogen-bond acceptors (Lipinski definition) is 5. The first-order chi connectivity index (χ1) is 14.0. The fourth-order valence-electron chi connectivity index (χ4n) is 3.12. The maximum Gasteiger partial charge on any atom is 0.341 e. The van der Waals surface area contributed by atoms with E-state index in [9.17, 15) is 9.59 Å². The maximum absolute atomic E-state index is 13.3. The van der Waals surface area contributed by atoms with Crippen molar-refractivity contribution in [1.82, 2.24) is 0 Å². The van der Waals surface area contributed by atoms with Crippen LogP contribution >= 0.6 is 23.1 Å². The van der Waals surface area contributed by atoms with Gasteiger partial charge in [0.15, 0.2) is 0 Å². The molecule has 1 atom stereocenters. The number of amides is 1. The summed E-state index contributed by atoms with van der Waals surface area (Å²) in [5.74, 6) is -0.590. The Morgan fingerprint density at radius 1 is 1.07 bits per heavy atom. The molecule has 1 aromatic heterocycles. The number of hydrogen-bond donors (Lipinski definition) is 1. The second-order valence-corrected chi connectivity index (χ2v) is 8.80. The van der Waals surface area contributed by atoms with Crippen LogP contribution in [0.2, 0.25) is 0 Å². The standard InChI is InChI=1S/C23H23NO3S2/c1-4-18-15(2)28-22(19(18)23(26)27-3)24-21(25)20(16-11-7-5-8-12-16)29-17-13-9-6-10-14-17/h5-14,20H,4H2,1-3H3,(H,24,25). The van der Waals surface area contributed by atoms with E-state index in [4.69, 9.17) is 4.74 Å². The largest absolute Gasteiger partial charge is 0.465 e. The summed E-state index contributed by atoms with van der Waals surface area (Å²) < 4.78 is 4.97. The Labute approximate surface area is 179 Å². The highest BCUT2D eigenvalue weighted by atomic mass is 32.2. The fraction of sp³-hybridized carbons (Fsp3) is 0.217. The van der Waals surface area contributed by atoms with Gasteiger partial charge in [-0.05, 0) is 36.6 Å². The number of nitrogens with one attached hydrogen (secondary N) is 1. The van der Waals surface area contributed by atoms with Crippen LogP contribution < -0.4 is 5.32 Å². The number of ether oxygens (including phenoxy) is 1. The van der Waals surface area contributed by atoms with Crippen LogP contribution in [0.1, 0.15) is 38.5 Å². The SMILES string of the molecule is CCc1c(C)sc(NC(=O)C(Sc2ccccc2)c2ccccc2)c1C(=O)OC. The van der Waals surface area contributed by atoms with E-state index >= 15 is 0 Å². The highest BCUT2D eigenvalue weighted by Crippen LogP contribution is 2.39. The van der Waals surface area contributed by atoms with Gasteiger partial charge in [-0.1, -0.05) is 55.5 Å². The van der Waals surface area contributed by atoms with Crippen LogP contribution in [-0.4, -0.2) is 19.0 Å². The zero-order valence-corrected chi connectivity index (χ0v) is 18.2. The molecule has 0 radical (unpaired) electrons. The first-order valence-corrected chi connectivity index (χ1v) is 11.0. The molecule has 0 aliphatic carbocycles. The summed E-state index contributed by atoms with van der Waals surface area (Å²) in [6, 6.07) is 19.5. The average molecular weight is 426 g/mol. The van der Waals surface area contributed by atoms with Crippen molar-refractivity contribution in [1.29, 1.82) is 0 Å². The number of anilines is 1. The maximum atomic E-state index is 13.3. The smallest absolute Gasteiger partial charge is 0.341 e. The summed E-state index contributed by atoms with van der Waals surface area (Å²) in [6.45, 7) is 3.95. The number of thiophene rings is 1. The molecule has 6 heteroatoms. The molecule has 0 bridgehead atoms. The van der Waals surface area contributed by atoms with Crippen molar-refractivity contribution in [2.24, 2.45) is 0 Å². The van der Waals surface area contributed by atoms with Gasteiger partial charge in [-0.2, -0.15) is 0 Å². The summed E-state index contributed by atoms with van der Waals surface area (Å²) in [5.41, 5.74) is 2.29. The topological polar surface area (TPSA) is 55.4 Å². The van der Waals surface area contributed by atoms with Crippen LogP contribution in [0.4, 0.5) is 5.00 Å². The molecule has 0 aliphatic rings. The number of carbonyl (C=O) groups excluding carboxylic acids is 2. The third kappa shape index (κ3) is 4.89. The Hall–Kier alpha value is -2.57. The quantitative estimate of drug-likeness (QED) is 0.379. The van der Waals surface area contributed by atoms with Crippen molar-refractivity contribution < 1.29 is 14.3 Å². The molecule has 29 heavy (non-hydrogen) atoms. The molecular weight excluding hydrogens is 402 g/mol. The molecule has 1 N–H and O–H groups in total. The lowest BCUT2D eigenvalue weighted by atomic mass is 10.1. The molecule has 0 fully saturated rings. The highest BCUT2D eigenvalue weighted by molar-refractivity contribution is 8.00. The minimum Gasteiger partial charge on any atom is -0.465 e. The van der Waals surface area contributed by atoms with Crippen molar-refractivity contribution in [3.8, 4) is 0 Å². The van der Waals surface area contributed by atoms with Gasteiger partial charge in [0, 0.05) is 9.77 Å². The average Bonchev–Trinajstić information content (AvgIpc) is 3.07. The van der Waals surface area contributed by atoms with Gasteiger partial charge in [0.2, 0.25) is 5.91 Å². The zero-order chi connectivity index (χ0) is 20.8. The van der Waals surface area contributed by atoms with Crippen LogP contribution in [0.25, 0.3) is 0 Å². The van der Waals surface area contributed by atoms with Gasteiger partial charge in [-0.25, -0.2) is 4.79 Å². The Kier molecular flexibility index (Phi) is 7.12. The van der Waals surface area contributed by atoms with Crippen molar-refractivity contribution in [2.75, 3.05) is 12.4 Å². The molecule has 4 nitrogen and oxygen atoms in total. The molecule has 3 aromatic rings. The monoisotopic (exact) mass is 425 g/mol. The van der Waals surface area contributed by atoms with E-state index in [-0.39, 0.29) is 5.91 Å². The lowest BCUT2D eigenvalue weighted by Gasteiger charge is -2.17. The molecular formula is C23H23NO3S2. The predicted molar refractivity (Wildman–Crippen MR) is 120 cm³/mol. The fourth-order valence-corrected chi connectivity index (χ4v) is 5.31. The molecule has 0 saturated carbocycles. The Morgan fingerprint density at radius 3 is 2.28 bits per heavy atom. The van der Waals surface area contributed by atoms with Crippen molar-refractivity contribution >= 4 is 40.0 Å². The zero-order valence-electron chi connectivity index (χ0n) is 16.6. The summed E-state index contributed by atoms with van der Waals surface area (Å²) in [5, 5.41) is 3.10. The minimum absolute atomic E-state index is 0.167. The second-order valence-electron chi connectivity index (χ2n) is 6.40. The molecule has 1 amide bonds. The molecule has 0 aliphatic heterocycles. The van der Waals surface area contributed by atoms with Crippen molar-refractivity contribution in [2.45, 2.75) is 30.4 Å². The van der Waals surface area contributed by atoms with Crippen molar-refractivity contribution in [3.05, 3.63) is 82.2 Å². The van der Waals surface area contributed by atoms with E-state index in [2.05, 4.69) is 5.32 Å². The van der Waals surface area contributed by atoms with E-state index < -0.39 is 11.2 Å². The van der Waals surface area contributed by atoms with E-state index in [1.165, 1.54) is 30.2 Å². The highest BCUT2D eigenvalue weighted by Gasteiger charge is 2.27. The molecule has 3 rings (SSSR count). The third-order valence-electron chi connectivity index (χ3n) is 4.53. The van der Waals surface area contributed by atoms with Gasteiger partial charge in [-0.15, -0.1) is 23.1 Å². The normalized spacial score (nSPS) is 11.7. The number of rotatable bonds is 7. The van der Waals surface area contributed by atoms with E-state index in [1.807, 2.05) is 74.5 Å². The van der Waals surface area contributed by atoms with Gasteiger partial charge in [0.1, 0.15) is 10.3 Å². The third-order valence-corrected chi connectivity index (χ3v) is 6.86. The molecule has 1 unspecified atom stereocenters. The van der Waals surface area contributed by atoms with Gasteiger partial charge in [0.05, 0.1) is 12.7 Å². The molecule has 1 heterocycles. The van der Waals surface area contributed by atoms with Gasteiger partial charge in [-0.3, -0.25) is 4.79 Å². The van der Waals surface area contributed by atoms with E-state index in [0.29, 0.717) is 17.0 Å². The van der Waals surface area contributed by atoms with E-state index in [1.54, 1.807) is 0 Å². The van der Waals surface area contributed by atoms with Crippen LogP contribution in [0.5, 0.6) is 0 Å². The van der Waals surface area contributed by atoms with Crippen LogP contribution in [-0.2, 0) is 16.0 Å². The van der Waals surface area contributed by atoms with Gasteiger partial charge >= 0.3 is 5.97 Å². The van der Waals surface area contributed by atoms with Crippen molar-refractivity contribution in [3.63, 3.8) is 0 Å². The van der Waals surface area contributed by atoms with Gasteiger partial charge < -0.3 is 10.1 Å². The first-order valence-electron chi connectivity index (χ1n) is 9.33. The number of carbonyl (C=O) groups is 2. The minimum atomic E-state index is -0.448. The predicted octanol–water partition coefficient (Wildman–Crippen LogP) is 5.88. The lowest BCUT2D eigenvalue weighted by molar-refractivity contribution is -0.115. The van der Waals surface area contributed by atoms with Crippen LogP contribution in [0.3, 0.4) is 0 Å².